The van der Waals surface area contributed by atoms with E-state index in [1.807, 2.05) is 18.2 Å². The average molecular weight is 628 g/mol. The highest BCUT2D eigenvalue weighted by molar-refractivity contribution is 6.23. The molecule has 0 saturated carbocycles. The molecule has 0 amide bonds. The minimum Gasteiger partial charge on any atom is -0.452 e. The third-order valence-corrected chi connectivity index (χ3v) is 10.8. The second-order valence-electron chi connectivity index (χ2n) is 13.7. The summed E-state index contributed by atoms with van der Waals surface area (Å²) < 4.78 is 8.90. The van der Waals surface area contributed by atoms with Crippen LogP contribution < -0.4 is 0 Å². The van der Waals surface area contributed by atoms with Crippen molar-refractivity contribution in [2.45, 2.75) is 19.3 Å². The monoisotopic (exact) mass is 627 g/mol. The van der Waals surface area contributed by atoms with E-state index in [4.69, 9.17) is 14.4 Å². The van der Waals surface area contributed by atoms with Crippen molar-refractivity contribution in [1.29, 1.82) is 0 Å². The number of hydrogen-bond acceptors (Lipinski definition) is 3. The van der Waals surface area contributed by atoms with Crippen LogP contribution in [0.15, 0.2) is 144 Å². The molecule has 0 N–H and O–H groups in total. The molecule has 0 atom stereocenters. The molecule has 4 heteroatoms. The highest BCUT2D eigenvalue weighted by Gasteiger charge is 2.37. The van der Waals surface area contributed by atoms with Crippen molar-refractivity contribution in [3.63, 3.8) is 0 Å². The second-order valence-corrected chi connectivity index (χ2v) is 13.7. The Kier molecular flexibility index (Phi) is 5.15. The molecule has 3 heterocycles. The fourth-order valence-electron chi connectivity index (χ4n) is 8.56. The van der Waals surface area contributed by atoms with E-state index < -0.39 is 0 Å². The van der Waals surface area contributed by atoms with Crippen LogP contribution in [0.3, 0.4) is 0 Å². The fourth-order valence-corrected chi connectivity index (χ4v) is 8.56. The molecular weight excluding hydrogens is 599 g/mol. The lowest BCUT2D eigenvalue weighted by molar-refractivity contribution is 0.661. The summed E-state index contributed by atoms with van der Waals surface area (Å²) >= 11 is 0. The Hall–Kier alpha value is -6.26. The first-order valence-electron chi connectivity index (χ1n) is 16.8. The largest absolute Gasteiger partial charge is 0.452 e. The predicted octanol–water partition coefficient (Wildman–Crippen LogP) is 11.8. The van der Waals surface area contributed by atoms with E-state index >= 15 is 0 Å². The van der Waals surface area contributed by atoms with Crippen molar-refractivity contribution in [2.24, 2.45) is 0 Å². The lowest BCUT2D eigenvalue weighted by atomic mass is 9.82. The molecule has 0 radical (unpaired) electrons. The second kappa shape index (κ2) is 9.42. The third-order valence-electron chi connectivity index (χ3n) is 10.8. The molecule has 0 aliphatic heterocycles. The van der Waals surface area contributed by atoms with E-state index in [0.717, 1.165) is 49.5 Å². The smallest absolute Gasteiger partial charge is 0.236 e. The SMILES string of the molecule is CC1(C)c2ccccc2-c2c1ccc1c2c2ccc3ccccc3c2n1-c1nc(-c2cccc3ccccc23)c2oc3ccccc3c2n1. The van der Waals surface area contributed by atoms with Gasteiger partial charge in [-0.25, -0.2) is 9.97 Å². The summed E-state index contributed by atoms with van der Waals surface area (Å²) in [5, 5.41) is 8.05. The Morgan fingerprint density at radius 2 is 1.24 bits per heavy atom. The van der Waals surface area contributed by atoms with Crippen LogP contribution in [0.5, 0.6) is 0 Å². The van der Waals surface area contributed by atoms with E-state index in [1.54, 1.807) is 0 Å². The summed E-state index contributed by atoms with van der Waals surface area (Å²) in [5.41, 5.74) is 11.5. The van der Waals surface area contributed by atoms with Gasteiger partial charge in [-0.3, -0.25) is 4.57 Å². The molecule has 0 saturated heterocycles. The van der Waals surface area contributed by atoms with E-state index in [9.17, 15) is 0 Å². The lowest BCUT2D eigenvalue weighted by Crippen LogP contribution is -2.14. The van der Waals surface area contributed by atoms with Crippen molar-refractivity contribution < 1.29 is 4.42 Å². The van der Waals surface area contributed by atoms with Crippen LogP contribution in [0.25, 0.3) is 93.8 Å². The Morgan fingerprint density at radius 3 is 2.12 bits per heavy atom. The topological polar surface area (TPSA) is 43.9 Å². The highest BCUT2D eigenvalue weighted by Crippen LogP contribution is 2.53. The van der Waals surface area contributed by atoms with Crippen molar-refractivity contribution in [3.05, 3.63) is 151 Å². The maximum absolute atomic E-state index is 6.59. The molecule has 0 bridgehead atoms. The van der Waals surface area contributed by atoms with Gasteiger partial charge in [-0.15, -0.1) is 0 Å². The zero-order valence-corrected chi connectivity index (χ0v) is 27.0. The number of rotatable bonds is 2. The summed E-state index contributed by atoms with van der Waals surface area (Å²) in [6.45, 7) is 4.69. The van der Waals surface area contributed by atoms with Gasteiger partial charge >= 0.3 is 0 Å². The number of furan rings is 1. The van der Waals surface area contributed by atoms with Gasteiger partial charge in [-0.1, -0.05) is 135 Å². The summed E-state index contributed by atoms with van der Waals surface area (Å²) in [7, 11) is 0. The Labute approximate surface area is 281 Å². The molecule has 7 aromatic carbocycles. The van der Waals surface area contributed by atoms with Gasteiger partial charge < -0.3 is 4.42 Å². The van der Waals surface area contributed by atoms with Gasteiger partial charge in [0.05, 0.1) is 11.0 Å². The first-order valence-corrected chi connectivity index (χ1v) is 16.8. The quantitative estimate of drug-likeness (QED) is 0.192. The molecule has 230 valence electrons. The summed E-state index contributed by atoms with van der Waals surface area (Å²) in [4.78, 5) is 10.9. The molecular formula is C45H29N3O. The molecule has 3 aromatic heterocycles. The van der Waals surface area contributed by atoms with Crippen LogP contribution in [0, 0.1) is 0 Å². The van der Waals surface area contributed by atoms with E-state index in [2.05, 4.69) is 140 Å². The molecule has 0 unspecified atom stereocenters. The molecule has 1 aliphatic carbocycles. The molecule has 1 aliphatic rings. The normalized spacial score (nSPS) is 13.7. The zero-order chi connectivity index (χ0) is 32.4. The minimum atomic E-state index is -0.113. The predicted molar refractivity (Wildman–Crippen MR) is 202 cm³/mol. The number of nitrogens with zero attached hydrogens (tertiary/aromatic N) is 3. The molecule has 11 rings (SSSR count). The molecule has 49 heavy (non-hydrogen) atoms. The molecule has 0 spiro atoms. The first kappa shape index (κ1) is 26.8. The van der Waals surface area contributed by atoms with Crippen molar-refractivity contribution >= 4 is 65.4 Å². The molecule has 4 nitrogen and oxygen atoms in total. The van der Waals surface area contributed by atoms with Crippen molar-refractivity contribution in [3.8, 4) is 28.3 Å². The first-order chi connectivity index (χ1) is 24.1. The standard InChI is InChI=1S/C45H29N3O/c1-45(2)34-20-9-7-17-31(34)38-35(45)24-25-36-39(38)33-23-22-27-13-4-6-16-29(27)42(33)48(36)44-46-40(30-19-11-14-26-12-3-5-15-28(26)30)43-41(47-44)32-18-8-10-21-37(32)49-43/h3-25H,1-2H3. The maximum atomic E-state index is 6.59. The molecule has 0 fully saturated rings. The van der Waals surface area contributed by atoms with Crippen molar-refractivity contribution in [2.75, 3.05) is 0 Å². The van der Waals surface area contributed by atoms with Gasteiger partial charge in [0.2, 0.25) is 5.95 Å². The number of hydrogen-bond donors (Lipinski definition) is 0. The van der Waals surface area contributed by atoms with Gasteiger partial charge in [0.15, 0.2) is 5.58 Å². The van der Waals surface area contributed by atoms with Crippen LogP contribution >= 0.6 is 0 Å². The van der Waals surface area contributed by atoms with E-state index in [-0.39, 0.29) is 5.41 Å². The Morgan fingerprint density at radius 1 is 0.551 bits per heavy atom. The van der Waals surface area contributed by atoms with Gasteiger partial charge in [0.25, 0.3) is 0 Å². The third kappa shape index (κ3) is 3.47. The Bertz CT molecular complexity index is 3030. The van der Waals surface area contributed by atoms with E-state index in [1.165, 1.54) is 43.8 Å². The van der Waals surface area contributed by atoms with Gasteiger partial charge in [-0.05, 0) is 56.6 Å². The number of fused-ring (bicyclic) bond motifs is 13. The van der Waals surface area contributed by atoms with Crippen LogP contribution in [0.2, 0.25) is 0 Å². The number of para-hydroxylation sites is 1. The summed E-state index contributed by atoms with van der Waals surface area (Å²) in [6.07, 6.45) is 0. The highest BCUT2D eigenvalue weighted by atomic mass is 16.3. The van der Waals surface area contributed by atoms with Gasteiger partial charge in [0.1, 0.15) is 16.8 Å². The van der Waals surface area contributed by atoms with E-state index in [0.29, 0.717) is 11.5 Å². The number of benzene rings is 7. The maximum Gasteiger partial charge on any atom is 0.236 e. The van der Waals surface area contributed by atoms with Crippen LogP contribution in [-0.4, -0.2) is 14.5 Å². The molecule has 10 aromatic rings. The zero-order valence-electron chi connectivity index (χ0n) is 27.0. The number of aromatic nitrogens is 3. The minimum absolute atomic E-state index is 0.113. The lowest BCUT2D eigenvalue weighted by Gasteiger charge is -2.21. The summed E-state index contributed by atoms with van der Waals surface area (Å²) in [6, 6.07) is 49.7. The van der Waals surface area contributed by atoms with Crippen molar-refractivity contribution in [1.82, 2.24) is 14.5 Å². The van der Waals surface area contributed by atoms with Gasteiger partial charge in [-0.2, -0.15) is 0 Å². The van der Waals surface area contributed by atoms with Gasteiger partial charge in [0, 0.05) is 32.5 Å². The average Bonchev–Trinajstić information content (AvgIpc) is 3.77. The summed E-state index contributed by atoms with van der Waals surface area (Å²) in [5.74, 6) is 0.629. The fraction of sp³-hybridized carbons (Fsp3) is 0.0667. The Balaban J connectivity index is 1.35. The van der Waals surface area contributed by atoms with Crippen LogP contribution in [0.1, 0.15) is 25.0 Å². The van der Waals surface area contributed by atoms with Crippen LogP contribution in [-0.2, 0) is 5.41 Å². The van der Waals surface area contributed by atoms with Crippen LogP contribution in [0.4, 0.5) is 0 Å².